The van der Waals surface area contributed by atoms with Crippen LogP contribution < -0.4 is 5.73 Å². The Morgan fingerprint density at radius 3 is 2.79 bits per heavy atom. The first-order chi connectivity index (χ1) is 6.54. The molecule has 4 heteroatoms. The second-order valence-corrected chi connectivity index (χ2v) is 3.33. The van der Waals surface area contributed by atoms with Crippen molar-refractivity contribution in [3.63, 3.8) is 0 Å². The van der Waals surface area contributed by atoms with Crippen LogP contribution in [-0.2, 0) is 12.3 Å². The van der Waals surface area contributed by atoms with Crippen LogP contribution in [0.1, 0.15) is 24.6 Å². The van der Waals surface area contributed by atoms with Crippen LogP contribution in [0, 0.1) is 0 Å². The highest BCUT2D eigenvalue weighted by Crippen LogP contribution is 2.25. The monoisotopic (exact) mass is 200 g/mol. The highest BCUT2D eigenvalue weighted by atomic mass is 19.3. The third kappa shape index (κ3) is 3.03. The fourth-order valence-corrected chi connectivity index (χ4v) is 1.18. The Balaban J connectivity index is 2.79. The van der Waals surface area contributed by atoms with Crippen LogP contribution in [-0.4, -0.2) is 11.5 Å². The number of rotatable bonds is 4. The van der Waals surface area contributed by atoms with Crippen molar-refractivity contribution in [1.82, 2.24) is 4.98 Å². The molecule has 0 spiro atoms. The zero-order chi connectivity index (χ0) is 10.6. The molecule has 0 fully saturated rings. The molecule has 0 saturated heterocycles. The van der Waals surface area contributed by atoms with Gasteiger partial charge in [-0.15, -0.1) is 0 Å². The molecule has 1 aromatic heterocycles. The van der Waals surface area contributed by atoms with E-state index in [0.717, 1.165) is 25.3 Å². The summed E-state index contributed by atoms with van der Waals surface area (Å²) < 4.78 is 25.7. The molecule has 14 heavy (non-hydrogen) atoms. The van der Waals surface area contributed by atoms with Gasteiger partial charge in [-0.2, -0.15) is 8.78 Å². The van der Waals surface area contributed by atoms with Gasteiger partial charge in [0, 0.05) is 13.1 Å². The van der Waals surface area contributed by atoms with Gasteiger partial charge in [0.2, 0.25) is 0 Å². The summed E-state index contributed by atoms with van der Waals surface area (Å²) in [6.07, 6.45) is 2.94. The Morgan fingerprint density at radius 2 is 2.21 bits per heavy atom. The Bertz CT molecular complexity index is 294. The van der Waals surface area contributed by atoms with E-state index in [0.29, 0.717) is 6.54 Å². The maximum atomic E-state index is 12.9. The number of pyridine rings is 1. The van der Waals surface area contributed by atoms with Crippen molar-refractivity contribution in [2.24, 2.45) is 5.73 Å². The minimum absolute atomic E-state index is 0.174. The van der Waals surface area contributed by atoms with Crippen molar-refractivity contribution < 1.29 is 8.78 Å². The van der Waals surface area contributed by atoms with Crippen molar-refractivity contribution in [2.75, 3.05) is 6.54 Å². The number of hydrogen-bond donors (Lipinski definition) is 1. The van der Waals surface area contributed by atoms with E-state index in [9.17, 15) is 8.78 Å². The predicted octanol–water partition coefficient (Wildman–Crippen LogP) is 2.08. The number of nitrogens with zero attached hydrogens (tertiary/aromatic N) is 1. The fraction of sp³-hybridized carbons (Fsp3) is 0.500. The number of halogens is 2. The summed E-state index contributed by atoms with van der Waals surface area (Å²) in [5.74, 6) is -2.86. The topological polar surface area (TPSA) is 38.9 Å². The van der Waals surface area contributed by atoms with E-state index < -0.39 is 5.92 Å². The van der Waals surface area contributed by atoms with Gasteiger partial charge in [0.05, 0.1) is 0 Å². The zero-order valence-electron chi connectivity index (χ0n) is 8.13. The molecule has 0 bridgehead atoms. The highest BCUT2D eigenvalue weighted by Gasteiger charge is 2.25. The molecular weight excluding hydrogens is 186 g/mol. The molecule has 0 aromatic carbocycles. The van der Waals surface area contributed by atoms with Gasteiger partial charge in [-0.3, -0.25) is 4.98 Å². The van der Waals surface area contributed by atoms with Crippen molar-refractivity contribution in [1.29, 1.82) is 0 Å². The molecule has 0 aliphatic rings. The van der Waals surface area contributed by atoms with E-state index in [1.54, 1.807) is 6.07 Å². The minimum atomic E-state index is -2.86. The third-order valence-corrected chi connectivity index (χ3v) is 1.94. The smallest absolute Gasteiger partial charge is 0.286 e. The minimum Gasteiger partial charge on any atom is -0.330 e. The first-order valence-electron chi connectivity index (χ1n) is 4.57. The van der Waals surface area contributed by atoms with Gasteiger partial charge in [0.15, 0.2) is 0 Å². The van der Waals surface area contributed by atoms with Crippen LogP contribution in [0.15, 0.2) is 18.3 Å². The van der Waals surface area contributed by atoms with E-state index in [1.807, 2.05) is 0 Å². The average Bonchev–Trinajstić information content (AvgIpc) is 2.14. The lowest BCUT2D eigenvalue weighted by atomic mass is 10.1. The lowest BCUT2D eigenvalue weighted by molar-refractivity contribution is 0.0127. The third-order valence-electron chi connectivity index (χ3n) is 1.94. The van der Waals surface area contributed by atoms with Crippen LogP contribution in [0.3, 0.4) is 0 Å². The SMILES string of the molecule is CC(F)(F)c1cc(CCCN)ccn1. The van der Waals surface area contributed by atoms with Crippen molar-refractivity contribution in [3.8, 4) is 0 Å². The molecule has 0 atom stereocenters. The molecule has 0 aliphatic heterocycles. The number of nitrogens with two attached hydrogens (primary N) is 1. The van der Waals surface area contributed by atoms with Crippen molar-refractivity contribution >= 4 is 0 Å². The average molecular weight is 200 g/mol. The van der Waals surface area contributed by atoms with Gasteiger partial charge in [-0.1, -0.05) is 0 Å². The first-order valence-corrected chi connectivity index (χ1v) is 4.57. The summed E-state index contributed by atoms with van der Waals surface area (Å²) in [7, 11) is 0. The summed E-state index contributed by atoms with van der Waals surface area (Å²) in [4.78, 5) is 3.64. The molecule has 1 aromatic rings. The van der Waals surface area contributed by atoms with E-state index in [-0.39, 0.29) is 5.69 Å². The summed E-state index contributed by atoms with van der Waals surface area (Å²) in [6.45, 7) is 1.42. The predicted molar refractivity (Wildman–Crippen MR) is 51.2 cm³/mol. The molecule has 2 nitrogen and oxygen atoms in total. The Hall–Kier alpha value is -1.03. The van der Waals surface area contributed by atoms with Crippen molar-refractivity contribution in [3.05, 3.63) is 29.6 Å². The van der Waals surface area contributed by atoms with Crippen LogP contribution in [0.25, 0.3) is 0 Å². The van der Waals surface area contributed by atoms with Crippen LogP contribution in [0.2, 0.25) is 0 Å². The maximum absolute atomic E-state index is 12.9. The number of aromatic nitrogens is 1. The lowest BCUT2D eigenvalue weighted by Gasteiger charge is -2.10. The van der Waals surface area contributed by atoms with Gasteiger partial charge in [-0.25, -0.2) is 0 Å². The zero-order valence-corrected chi connectivity index (χ0v) is 8.13. The standard InChI is InChI=1S/C10H14F2N2/c1-10(11,12)9-7-8(3-2-5-13)4-6-14-9/h4,6-7H,2-3,5,13H2,1H3. The van der Waals surface area contributed by atoms with Gasteiger partial charge >= 0.3 is 0 Å². The molecule has 78 valence electrons. The number of aryl methyl sites for hydroxylation is 1. The largest absolute Gasteiger partial charge is 0.330 e. The van der Waals surface area contributed by atoms with Gasteiger partial charge in [0.1, 0.15) is 5.69 Å². The quantitative estimate of drug-likeness (QED) is 0.808. The number of hydrogen-bond acceptors (Lipinski definition) is 2. The van der Waals surface area contributed by atoms with E-state index in [2.05, 4.69) is 4.98 Å². The molecule has 1 rings (SSSR count). The molecule has 0 radical (unpaired) electrons. The molecule has 0 aliphatic carbocycles. The summed E-state index contributed by atoms with van der Waals surface area (Å²) >= 11 is 0. The second kappa shape index (κ2) is 4.46. The van der Waals surface area contributed by atoms with Gasteiger partial charge < -0.3 is 5.73 Å². The normalized spacial score (nSPS) is 11.7. The Kier molecular flexibility index (Phi) is 3.52. The Morgan fingerprint density at radius 1 is 1.50 bits per heavy atom. The van der Waals surface area contributed by atoms with Crippen LogP contribution in [0.4, 0.5) is 8.78 Å². The van der Waals surface area contributed by atoms with Crippen LogP contribution in [0.5, 0.6) is 0 Å². The molecule has 0 unspecified atom stereocenters. The highest BCUT2D eigenvalue weighted by molar-refractivity contribution is 5.19. The van der Waals surface area contributed by atoms with E-state index in [4.69, 9.17) is 5.73 Å². The first kappa shape index (κ1) is 11.0. The fourth-order valence-electron chi connectivity index (χ4n) is 1.18. The molecule has 2 N–H and O–H groups in total. The van der Waals surface area contributed by atoms with E-state index >= 15 is 0 Å². The lowest BCUT2D eigenvalue weighted by Crippen LogP contribution is -2.10. The van der Waals surface area contributed by atoms with Crippen LogP contribution >= 0.6 is 0 Å². The molecule has 1 heterocycles. The summed E-state index contributed by atoms with van der Waals surface area (Å²) in [5, 5.41) is 0. The van der Waals surface area contributed by atoms with E-state index in [1.165, 1.54) is 12.3 Å². The van der Waals surface area contributed by atoms with Crippen molar-refractivity contribution in [2.45, 2.75) is 25.7 Å². The van der Waals surface area contributed by atoms with Gasteiger partial charge in [-0.05, 0) is 37.1 Å². The molecule has 0 amide bonds. The Labute approximate surface area is 82.1 Å². The summed E-state index contributed by atoms with van der Waals surface area (Å²) in [5.41, 5.74) is 6.03. The summed E-state index contributed by atoms with van der Waals surface area (Å²) in [6, 6.07) is 3.18. The molecular formula is C10H14F2N2. The number of alkyl halides is 2. The van der Waals surface area contributed by atoms with Gasteiger partial charge in [0.25, 0.3) is 5.92 Å². The maximum Gasteiger partial charge on any atom is 0.286 e. The second-order valence-electron chi connectivity index (χ2n) is 3.33. The molecule has 0 saturated carbocycles.